The molecule has 0 spiro atoms. The van der Waals surface area contributed by atoms with E-state index in [-0.39, 0.29) is 5.82 Å². The Labute approximate surface area is 70.8 Å². The van der Waals surface area contributed by atoms with Gasteiger partial charge in [0.15, 0.2) is 0 Å². The fourth-order valence-corrected chi connectivity index (χ4v) is 0.754. The third-order valence-electron chi connectivity index (χ3n) is 1.16. The van der Waals surface area contributed by atoms with Crippen molar-refractivity contribution in [3.8, 4) is 11.8 Å². The molecule has 0 aliphatic rings. The summed E-state index contributed by atoms with van der Waals surface area (Å²) in [4.78, 5) is 0. The van der Waals surface area contributed by atoms with Crippen molar-refractivity contribution in [2.24, 2.45) is 0 Å². The minimum atomic E-state index is -0.235. The van der Waals surface area contributed by atoms with Gasteiger partial charge in [-0.2, -0.15) is 12.6 Å². The Morgan fingerprint density at radius 1 is 1.27 bits per heavy atom. The standard InChI is InChI=1S/C9H7FS/c10-9-5-3-8(4-6-9)2-1-7-11/h3-6,11H,7H2. The molecule has 0 fully saturated rings. The lowest BCUT2D eigenvalue weighted by Crippen LogP contribution is -1.75. The second kappa shape index (κ2) is 4.05. The zero-order valence-corrected chi connectivity index (χ0v) is 6.74. The number of thiol groups is 1. The number of hydrogen-bond acceptors (Lipinski definition) is 1. The van der Waals surface area contributed by atoms with Crippen LogP contribution in [0.15, 0.2) is 24.3 Å². The normalized spacial score (nSPS) is 8.55. The van der Waals surface area contributed by atoms with Crippen LogP contribution in [0.25, 0.3) is 0 Å². The van der Waals surface area contributed by atoms with E-state index in [9.17, 15) is 4.39 Å². The highest BCUT2D eigenvalue weighted by atomic mass is 32.1. The lowest BCUT2D eigenvalue weighted by atomic mass is 10.2. The monoisotopic (exact) mass is 166 g/mol. The Morgan fingerprint density at radius 3 is 2.45 bits per heavy atom. The smallest absolute Gasteiger partial charge is 0.123 e. The minimum absolute atomic E-state index is 0.235. The molecule has 0 aromatic heterocycles. The SMILES string of the molecule is Fc1ccc(C#CCS)cc1. The van der Waals surface area contributed by atoms with Gasteiger partial charge in [0.2, 0.25) is 0 Å². The Morgan fingerprint density at radius 2 is 1.91 bits per heavy atom. The van der Waals surface area contributed by atoms with E-state index in [2.05, 4.69) is 24.5 Å². The molecule has 0 atom stereocenters. The van der Waals surface area contributed by atoms with Gasteiger partial charge in [0.25, 0.3) is 0 Å². The quantitative estimate of drug-likeness (QED) is 0.443. The van der Waals surface area contributed by atoms with E-state index in [1.165, 1.54) is 12.1 Å². The van der Waals surface area contributed by atoms with Crippen LogP contribution in [0.2, 0.25) is 0 Å². The second-order valence-electron chi connectivity index (χ2n) is 1.97. The zero-order valence-electron chi connectivity index (χ0n) is 5.84. The molecule has 0 nitrogen and oxygen atoms in total. The highest BCUT2D eigenvalue weighted by Crippen LogP contribution is 2.00. The molecular weight excluding hydrogens is 159 g/mol. The van der Waals surface area contributed by atoms with Gasteiger partial charge in [-0.25, -0.2) is 4.39 Å². The molecule has 1 rings (SSSR count). The number of hydrogen-bond donors (Lipinski definition) is 1. The van der Waals surface area contributed by atoms with Crippen LogP contribution in [0.1, 0.15) is 5.56 Å². The Balaban J connectivity index is 2.82. The van der Waals surface area contributed by atoms with Crippen LogP contribution in [0.4, 0.5) is 4.39 Å². The highest BCUT2D eigenvalue weighted by Gasteiger charge is 1.86. The van der Waals surface area contributed by atoms with Crippen LogP contribution in [0, 0.1) is 17.7 Å². The summed E-state index contributed by atoms with van der Waals surface area (Å²) < 4.78 is 12.3. The molecule has 1 aromatic carbocycles. The van der Waals surface area contributed by atoms with E-state index in [1.54, 1.807) is 12.1 Å². The van der Waals surface area contributed by atoms with E-state index in [1.807, 2.05) is 0 Å². The molecule has 2 heteroatoms. The third-order valence-corrected chi connectivity index (χ3v) is 1.31. The molecule has 0 radical (unpaired) electrons. The first-order valence-corrected chi connectivity index (χ1v) is 3.81. The molecule has 56 valence electrons. The van der Waals surface area contributed by atoms with Crippen molar-refractivity contribution in [3.05, 3.63) is 35.6 Å². The predicted octanol–water partition coefficient (Wildman–Crippen LogP) is 2.11. The molecule has 0 amide bonds. The van der Waals surface area contributed by atoms with Crippen LogP contribution in [0.3, 0.4) is 0 Å². The summed E-state index contributed by atoms with van der Waals surface area (Å²) in [6.45, 7) is 0. The fourth-order valence-electron chi connectivity index (χ4n) is 0.675. The summed E-state index contributed by atoms with van der Waals surface area (Å²) >= 11 is 3.92. The van der Waals surface area contributed by atoms with Gasteiger partial charge in [-0.3, -0.25) is 0 Å². The van der Waals surface area contributed by atoms with Crippen LogP contribution in [0.5, 0.6) is 0 Å². The molecule has 0 heterocycles. The van der Waals surface area contributed by atoms with E-state index in [0.717, 1.165) is 5.56 Å². The van der Waals surface area contributed by atoms with Crippen molar-refractivity contribution in [1.29, 1.82) is 0 Å². The van der Waals surface area contributed by atoms with Crippen molar-refractivity contribution >= 4 is 12.6 Å². The maximum Gasteiger partial charge on any atom is 0.123 e. The summed E-state index contributed by atoms with van der Waals surface area (Å²) in [7, 11) is 0. The van der Waals surface area contributed by atoms with Gasteiger partial charge in [-0.05, 0) is 24.3 Å². The Hall–Kier alpha value is -0.940. The molecule has 0 N–H and O–H groups in total. The number of benzene rings is 1. The van der Waals surface area contributed by atoms with Gasteiger partial charge < -0.3 is 0 Å². The molecule has 11 heavy (non-hydrogen) atoms. The van der Waals surface area contributed by atoms with Crippen molar-refractivity contribution < 1.29 is 4.39 Å². The summed E-state index contributed by atoms with van der Waals surface area (Å²) in [6, 6.07) is 6.07. The summed E-state index contributed by atoms with van der Waals surface area (Å²) in [6.07, 6.45) is 0. The molecule has 0 saturated carbocycles. The third kappa shape index (κ3) is 2.65. The number of halogens is 1. The minimum Gasteiger partial charge on any atom is -0.207 e. The van der Waals surface area contributed by atoms with Gasteiger partial charge >= 0.3 is 0 Å². The highest BCUT2D eigenvalue weighted by molar-refractivity contribution is 7.80. The van der Waals surface area contributed by atoms with Gasteiger partial charge in [0.1, 0.15) is 5.82 Å². The van der Waals surface area contributed by atoms with Gasteiger partial charge in [-0.15, -0.1) is 0 Å². The summed E-state index contributed by atoms with van der Waals surface area (Å²) in [5, 5.41) is 0. The first kappa shape index (κ1) is 8.16. The average molecular weight is 166 g/mol. The first-order valence-electron chi connectivity index (χ1n) is 3.18. The summed E-state index contributed by atoms with van der Waals surface area (Å²) in [5.41, 5.74) is 0.820. The van der Waals surface area contributed by atoms with Crippen LogP contribution < -0.4 is 0 Å². The van der Waals surface area contributed by atoms with Crippen molar-refractivity contribution in [1.82, 2.24) is 0 Å². The van der Waals surface area contributed by atoms with Crippen molar-refractivity contribution in [3.63, 3.8) is 0 Å². The summed E-state index contributed by atoms with van der Waals surface area (Å²) in [5.74, 6) is 5.89. The molecule has 0 bridgehead atoms. The maximum absolute atomic E-state index is 12.3. The van der Waals surface area contributed by atoms with E-state index < -0.39 is 0 Å². The van der Waals surface area contributed by atoms with Crippen molar-refractivity contribution in [2.45, 2.75) is 0 Å². The first-order chi connectivity index (χ1) is 5.33. The van der Waals surface area contributed by atoms with Gasteiger partial charge in [0.05, 0.1) is 5.75 Å². The predicted molar refractivity (Wildman–Crippen MR) is 47.1 cm³/mol. The molecule has 0 unspecified atom stereocenters. The van der Waals surface area contributed by atoms with Gasteiger partial charge in [0, 0.05) is 5.56 Å². The second-order valence-corrected chi connectivity index (χ2v) is 2.28. The molecule has 0 aliphatic heterocycles. The van der Waals surface area contributed by atoms with E-state index >= 15 is 0 Å². The van der Waals surface area contributed by atoms with E-state index in [0.29, 0.717) is 5.75 Å². The van der Waals surface area contributed by atoms with Crippen LogP contribution in [-0.4, -0.2) is 5.75 Å². The molecule has 0 saturated heterocycles. The lowest BCUT2D eigenvalue weighted by Gasteiger charge is -1.87. The fraction of sp³-hybridized carbons (Fsp3) is 0.111. The largest absolute Gasteiger partial charge is 0.207 e. The maximum atomic E-state index is 12.3. The topological polar surface area (TPSA) is 0 Å². The molecule has 1 aromatic rings. The molecular formula is C9H7FS. The van der Waals surface area contributed by atoms with Crippen LogP contribution >= 0.6 is 12.6 Å². The number of rotatable bonds is 0. The average Bonchev–Trinajstić information content (AvgIpc) is 2.04. The zero-order chi connectivity index (χ0) is 8.10. The lowest BCUT2D eigenvalue weighted by molar-refractivity contribution is 0.627. The Bertz CT molecular complexity index is 279. The van der Waals surface area contributed by atoms with Crippen molar-refractivity contribution in [2.75, 3.05) is 5.75 Å². The van der Waals surface area contributed by atoms with Gasteiger partial charge in [-0.1, -0.05) is 11.8 Å². The molecule has 0 aliphatic carbocycles. The van der Waals surface area contributed by atoms with Crippen LogP contribution in [-0.2, 0) is 0 Å². The Kier molecular flexibility index (Phi) is 3.00. The van der Waals surface area contributed by atoms with E-state index in [4.69, 9.17) is 0 Å².